The molecule has 2 amide bonds. The highest BCUT2D eigenvalue weighted by molar-refractivity contribution is 5.81. The summed E-state index contributed by atoms with van der Waals surface area (Å²) < 4.78 is 11.8. The van der Waals surface area contributed by atoms with Gasteiger partial charge in [-0.25, -0.2) is 0 Å². The Morgan fingerprint density at radius 3 is 1.43 bits per heavy atom. The number of nitrogens with zero attached hydrogens (tertiary/aromatic N) is 1. The Hall–Kier alpha value is -1.30. The number of likely N-dealkylation sites (N-methyl/N-ethyl adjacent to an activating group) is 1. The predicted molar refractivity (Wildman–Crippen MR) is 207 cm³/mol. The Morgan fingerprint density at radius 2 is 1.00 bits per heavy atom. The lowest BCUT2D eigenvalue weighted by molar-refractivity contribution is -0.862. The van der Waals surface area contributed by atoms with Crippen molar-refractivity contribution in [2.75, 3.05) is 47.4 Å². The van der Waals surface area contributed by atoms with Crippen molar-refractivity contribution < 1.29 is 38.9 Å². The molecular weight excluding hydrogens is 646 g/mol. The van der Waals surface area contributed by atoms with Gasteiger partial charge < -0.3 is 39.9 Å². The van der Waals surface area contributed by atoms with Crippen molar-refractivity contribution in [1.29, 1.82) is 0 Å². The normalized spacial score (nSPS) is 19.7. The molecule has 0 aromatic carbocycles. The van der Waals surface area contributed by atoms with Gasteiger partial charge in [0.25, 0.3) is 11.8 Å². The highest BCUT2D eigenvalue weighted by Gasteiger charge is 2.48. The van der Waals surface area contributed by atoms with Gasteiger partial charge in [-0.3, -0.25) is 9.59 Å². The topological polar surface area (TPSA) is 137 Å². The summed E-state index contributed by atoms with van der Waals surface area (Å²) in [5.74, 6) is -0.430. The molecule has 0 aliphatic carbocycles. The van der Waals surface area contributed by atoms with Crippen molar-refractivity contribution in [2.24, 2.45) is 0 Å². The summed E-state index contributed by atoms with van der Waals surface area (Å²) in [6.45, 7) is 4.41. The zero-order valence-corrected chi connectivity index (χ0v) is 33.5. The third kappa shape index (κ3) is 26.2. The molecule has 1 aliphatic heterocycles. The van der Waals surface area contributed by atoms with Crippen LogP contribution >= 0.6 is 0 Å². The number of carbonyl (C=O) groups excluding carboxylic acids is 2. The molecule has 1 heterocycles. The number of nitrogens with one attached hydrogen (secondary N) is 2. The van der Waals surface area contributed by atoms with Crippen LogP contribution < -0.4 is 10.6 Å². The zero-order valence-electron chi connectivity index (χ0n) is 33.5. The lowest BCUT2D eigenvalue weighted by Crippen LogP contribution is -2.47. The molecule has 0 aromatic heterocycles. The maximum atomic E-state index is 12.4. The molecule has 0 spiro atoms. The van der Waals surface area contributed by atoms with E-state index >= 15 is 0 Å². The molecule has 1 aliphatic rings. The largest absolute Gasteiger partial charge is 0.387 e. The van der Waals surface area contributed by atoms with E-state index in [2.05, 4.69) is 17.6 Å². The number of aliphatic hydroxyl groups is 3. The van der Waals surface area contributed by atoms with E-state index in [1.807, 2.05) is 21.1 Å². The van der Waals surface area contributed by atoms with E-state index in [9.17, 15) is 24.9 Å². The maximum Gasteiger partial charge on any atom is 0.275 e. The Morgan fingerprint density at radius 1 is 0.608 bits per heavy atom. The van der Waals surface area contributed by atoms with Crippen molar-refractivity contribution in [1.82, 2.24) is 10.6 Å². The average molecular weight is 729 g/mol. The smallest absolute Gasteiger partial charge is 0.275 e. The van der Waals surface area contributed by atoms with Crippen molar-refractivity contribution in [3.05, 3.63) is 0 Å². The van der Waals surface area contributed by atoms with Crippen LogP contribution in [0, 0.1) is 0 Å². The Bertz CT molecular complexity index is 841. The molecule has 302 valence electrons. The highest BCUT2D eigenvalue weighted by atomic mass is 16.7. The summed E-state index contributed by atoms with van der Waals surface area (Å²) in [7, 11) is 6.12. The van der Waals surface area contributed by atoms with E-state index in [0.717, 1.165) is 51.5 Å². The SMILES string of the molecule is CCCCCCCCO[C@@H]1O[C@H]([C@H](O)C(=O)NCCCCCCCCCCCCCCCCCCCCCCNC(=O)C[N+](C)(C)C)[C@H](O)[C@H]1O. The van der Waals surface area contributed by atoms with Crippen LogP contribution in [0.15, 0.2) is 0 Å². The molecule has 0 saturated carbocycles. The number of aliphatic hydroxyl groups excluding tert-OH is 3. The van der Waals surface area contributed by atoms with Gasteiger partial charge in [0.2, 0.25) is 0 Å². The lowest BCUT2D eigenvalue weighted by atomic mass is 10.0. The van der Waals surface area contributed by atoms with Gasteiger partial charge in [0.15, 0.2) is 18.9 Å². The van der Waals surface area contributed by atoms with Crippen LogP contribution in [0.2, 0.25) is 0 Å². The second kappa shape index (κ2) is 31.1. The summed E-state index contributed by atoms with van der Waals surface area (Å²) in [4.78, 5) is 24.3. The fourth-order valence-electron chi connectivity index (χ4n) is 6.76. The summed E-state index contributed by atoms with van der Waals surface area (Å²) in [6, 6.07) is 0. The second-order valence-electron chi connectivity index (χ2n) is 16.2. The van der Waals surface area contributed by atoms with E-state index in [4.69, 9.17) is 9.47 Å². The van der Waals surface area contributed by atoms with Gasteiger partial charge >= 0.3 is 0 Å². The van der Waals surface area contributed by atoms with Crippen molar-refractivity contribution >= 4 is 11.8 Å². The first-order valence-electron chi connectivity index (χ1n) is 21.2. The van der Waals surface area contributed by atoms with Crippen molar-refractivity contribution in [3.8, 4) is 0 Å². The van der Waals surface area contributed by atoms with Crippen LogP contribution in [-0.2, 0) is 19.1 Å². The van der Waals surface area contributed by atoms with Crippen molar-refractivity contribution in [3.63, 3.8) is 0 Å². The summed E-state index contributed by atoms with van der Waals surface area (Å²) in [5.41, 5.74) is 0. The van der Waals surface area contributed by atoms with Gasteiger partial charge in [0, 0.05) is 19.7 Å². The predicted octanol–water partition coefficient (Wildman–Crippen LogP) is 6.91. The van der Waals surface area contributed by atoms with Crippen molar-refractivity contribution in [2.45, 2.75) is 205 Å². The first kappa shape index (κ1) is 47.7. The number of hydrogen-bond donors (Lipinski definition) is 5. The van der Waals surface area contributed by atoms with Gasteiger partial charge in [-0.2, -0.15) is 0 Å². The number of carbonyl (C=O) groups is 2. The second-order valence-corrected chi connectivity index (χ2v) is 16.2. The van der Waals surface area contributed by atoms with Crippen LogP contribution in [0.4, 0.5) is 0 Å². The quantitative estimate of drug-likeness (QED) is 0.0353. The molecule has 51 heavy (non-hydrogen) atoms. The number of hydrogen-bond acceptors (Lipinski definition) is 7. The molecule has 5 atom stereocenters. The Balaban J connectivity index is 1.85. The Labute approximate surface area is 312 Å². The van der Waals surface area contributed by atoms with E-state index in [1.54, 1.807) is 0 Å². The molecule has 0 radical (unpaired) electrons. The number of quaternary nitrogens is 1. The monoisotopic (exact) mass is 729 g/mol. The molecule has 5 N–H and O–H groups in total. The molecule has 0 aromatic rings. The minimum Gasteiger partial charge on any atom is -0.387 e. The van der Waals surface area contributed by atoms with Gasteiger partial charge in [-0.1, -0.05) is 155 Å². The fourth-order valence-corrected chi connectivity index (χ4v) is 6.76. The van der Waals surface area contributed by atoms with Crippen LogP contribution in [0.1, 0.15) is 174 Å². The van der Waals surface area contributed by atoms with E-state index < -0.39 is 36.6 Å². The number of ether oxygens (including phenoxy) is 2. The molecular formula is C41H82N3O7+. The summed E-state index contributed by atoms with van der Waals surface area (Å²) in [5, 5.41) is 36.8. The van der Waals surface area contributed by atoms with Gasteiger partial charge in [0.1, 0.15) is 18.3 Å². The van der Waals surface area contributed by atoms with E-state index in [0.29, 0.717) is 24.2 Å². The molecule has 0 unspecified atom stereocenters. The molecule has 1 fully saturated rings. The van der Waals surface area contributed by atoms with Crippen LogP contribution in [0.25, 0.3) is 0 Å². The van der Waals surface area contributed by atoms with E-state index in [1.165, 1.54) is 122 Å². The number of amides is 2. The van der Waals surface area contributed by atoms with Gasteiger partial charge in [-0.05, 0) is 19.3 Å². The van der Waals surface area contributed by atoms with Crippen LogP contribution in [-0.4, -0.2) is 110 Å². The van der Waals surface area contributed by atoms with Crippen LogP contribution in [0.3, 0.4) is 0 Å². The molecule has 0 bridgehead atoms. The molecule has 1 saturated heterocycles. The molecule has 1 rings (SSSR count). The number of rotatable bonds is 35. The third-order valence-electron chi connectivity index (χ3n) is 9.96. The molecule has 10 heteroatoms. The molecule has 10 nitrogen and oxygen atoms in total. The lowest BCUT2D eigenvalue weighted by Gasteiger charge is -2.22. The Kier molecular flexibility index (Phi) is 29.1. The highest BCUT2D eigenvalue weighted by Crippen LogP contribution is 2.25. The summed E-state index contributed by atoms with van der Waals surface area (Å²) >= 11 is 0. The fraction of sp³-hybridized carbons (Fsp3) is 0.951. The van der Waals surface area contributed by atoms with Gasteiger partial charge in [-0.15, -0.1) is 0 Å². The average Bonchev–Trinajstić information content (AvgIpc) is 3.37. The van der Waals surface area contributed by atoms with Crippen LogP contribution in [0.5, 0.6) is 0 Å². The zero-order chi connectivity index (χ0) is 37.6. The third-order valence-corrected chi connectivity index (χ3v) is 9.96. The standard InChI is InChI=1S/C41H81N3O7/c1-5-6-7-8-27-30-33-50-41-37(47)36(46)39(51-41)38(48)40(49)43-32-29-26-24-22-20-18-16-14-12-10-9-11-13-15-17-19-21-23-25-28-31-42-35(45)34-44(2,3)4/h36-39,41,46-48H,5-34H2,1-4H3,(H-,42,43,45,49)/p+1/t36-,37-,38+,39+,41-/m1/s1. The first-order valence-corrected chi connectivity index (χ1v) is 21.2. The van der Waals surface area contributed by atoms with Gasteiger partial charge in [0.05, 0.1) is 21.1 Å². The first-order chi connectivity index (χ1) is 24.6. The number of unbranched alkanes of at least 4 members (excludes halogenated alkanes) is 24. The minimum atomic E-state index is -1.56. The summed E-state index contributed by atoms with van der Waals surface area (Å²) in [6.07, 6.45) is 25.5. The minimum absolute atomic E-state index is 0.157. The van der Waals surface area contributed by atoms with E-state index in [-0.39, 0.29) is 5.91 Å². The maximum absolute atomic E-state index is 12.4.